The first kappa shape index (κ1) is 21.7. The minimum absolute atomic E-state index is 0.00288. The van der Waals surface area contributed by atoms with Crippen LogP contribution in [-0.2, 0) is 16.1 Å². The van der Waals surface area contributed by atoms with Crippen LogP contribution < -0.4 is 20.1 Å². The summed E-state index contributed by atoms with van der Waals surface area (Å²) in [7, 11) is 3.14. The molecule has 1 aliphatic carbocycles. The Kier molecular flexibility index (Phi) is 6.02. The number of para-hydroxylation sites is 1. The Hall–Kier alpha value is -3.56. The normalized spacial score (nSPS) is 17.0. The molecular weight excluding hydrogens is 414 g/mol. The van der Waals surface area contributed by atoms with Crippen molar-refractivity contribution in [3.63, 3.8) is 0 Å². The molecule has 1 aromatic carbocycles. The second kappa shape index (κ2) is 8.89. The Labute approximate surface area is 185 Å². The molecule has 2 fully saturated rings. The zero-order valence-electron chi connectivity index (χ0n) is 18.2. The lowest BCUT2D eigenvalue weighted by atomic mass is 9.98. The van der Waals surface area contributed by atoms with E-state index in [2.05, 4.69) is 15.7 Å². The number of ether oxygens (including phenoxy) is 2. The van der Waals surface area contributed by atoms with E-state index in [-0.39, 0.29) is 24.8 Å². The molecule has 2 N–H and O–H groups in total. The summed E-state index contributed by atoms with van der Waals surface area (Å²) >= 11 is 0. The number of benzene rings is 1. The molecule has 170 valence electrons. The molecule has 2 aromatic rings. The van der Waals surface area contributed by atoms with Crippen molar-refractivity contribution >= 4 is 23.7 Å². The Morgan fingerprint density at radius 2 is 1.97 bits per heavy atom. The SMILES string of the molecule is COc1cccc(Cn2nccc2NC(=O)CCN2C(=O)NC3(CCCC3)C2=O)c1OC. The van der Waals surface area contributed by atoms with Gasteiger partial charge in [-0.3, -0.25) is 14.5 Å². The lowest BCUT2D eigenvalue weighted by molar-refractivity contribution is -0.131. The third-order valence-corrected chi connectivity index (χ3v) is 6.05. The predicted molar refractivity (Wildman–Crippen MR) is 116 cm³/mol. The van der Waals surface area contributed by atoms with Crippen molar-refractivity contribution in [3.8, 4) is 11.5 Å². The Morgan fingerprint density at radius 3 is 2.69 bits per heavy atom. The van der Waals surface area contributed by atoms with Gasteiger partial charge in [0, 0.05) is 24.6 Å². The summed E-state index contributed by atoms with van der Waals surface area (Å²) in [5.41, 5.74) is 0.0781. The van der Waals surface area contributed by atoms with Gasteiger partial charge in [0.25, 0.3) is 5.91 Å². The number of nitrogens with zero attached hydrogens (tertiary/aromatic N) is 3. The molecule has 1 saturated heterocycles. The molecule has 0 atom stereocenters. The van der Waals surface area contributed by atoms with Gasteiger partial charge in [0.1, 0.15) is 11.4 Å². The van der Waals surface area contributed by atoms with E-state index in [1.807, 2.05) is 12.1 Å². The number of imide groups is 1. The second-order valence-corrected chi connectivity index (χ2v) is 8.00. The fourth-order valence-electron chi connectivity index (χ4n) is 4.42. The van der Waals surface area contributed by atoms with Crippen LogP contribution in [0.2, 0.25) is 0 Å². The van der Waals surface area contributed by atoms with Gasteiger partial charge in [-0.25, -0.2) is 9.48 Å². The first-order valence-corrected chi connectivity index (χ1v) is 10.6. The van der Waals surface area contributed by atoms with Gasteiger partial charge in [0.05, 0.1) is 27.0 Å². The Bertz CT molecular complexity index is 1030. The molecule has 1 aromatic heterocycles. The van der Waals surface area contributed by atoms with E-state index < -0.39 is 11.6 Å². The number of hydrogen-bond acceptors (Lipinski definition) is 6. The average molecular weight is 441 g/mol. The van der Waals surface area contributed by atoms with Crippen LogP contribution in [-0.4, -0.2) is 58.8 Å². The van der Waals surface area contributed by atoms with Gasteiger partial charge < -0.3 is 20.1 Å². The van der Waals surface area contributed by atoms with Gasteiger partial charge in [-0.15, -0.1) is 0 Å². The number of carbonyl (C=O) groups excluding carboxylic acids is 3. The molecule has 10 nitrogen and oxygen atoms in total. The maximum Gasteiger partial charge on any atom is 0.325 e. The van der Waals surface area contributed by atoms with Crippen LogP contribution in [0.1, 0.15) is 37.7 Å². The van der Waals surface area contributed by atoms with Crippen LogP contribution >= 0.6 is 0 Å². The summed E-state index contributed by atoms with van der Waals surface area (Å²) in [5.74, 6) is 1.18. The zero-order valence-corrected chi connectivity index (χ0v) is 18.2. The maximum atomic E-state index is 12.7. The molecule has 2 heterocycles. The summed E-state index contributed by atoms with van der Waals surface area (Å²) in [5, 5.41) is 9.92. The van der Waals surface area contributed by atoms with Gasteiger partial charge >= 0.3 is 6.03 Å². The standard InChI is InChI=1S/C22H27N5O5/c1-31-16-7-5-6-15(19(16)32-2)14-27-17(8-12-23-27)24-18(28)9-13-26-20(29)22(25-21(26)30)10-3-4-11-22/h5-8,12H,3-4,9-11,13-14H2,1-2H3,(H,24,28)(H,25,30). The van der Waals surface area contributed by atoms with E-state index in [0.29, 0.717) is 36.7 Å². The van der Waals surface area contributed by atoms with Crippen LogP contribution in [0, 0.1) is 0 Å². The summed E-state index contributed by atoms with van der Waals surface area (Å²) in [4.78, 5) is 38.7. The van der Waals surface area contributed by atoms with E-state index in [9.17, 15) is 14.4 Å². The van der Waals surface area contributed by atoms with Gasteiger partial charge in [0.15, 0.2) is 11.5 Å². The molecule has 0 radical (unpaired) electrons. The maximum absolute atomic E-state index is 12.7. The van der Waals surface area contributed by atoms with Crippen LogP contribution in [0.5, 0.6) is 11.5 Å². The Balaban J connectivity index is 1.38. The predicted octanol–water partition coefficient (Wildman–Crippen LogP) is 2.14. The highest BCUT2D eigenvalue weighted by molar-refractivity contribution is 6.07. The van der Waals surface area contributed by atoms with Crippen molar-refractivity contribution in [2.24, 2.45) is 0 Å². The fraction of sp³-hybridized carbons (Fsp3) is 0.455. The number of rotatable bonds is 8. The molecule has 2 aliphatic rings. The van der Waals surface area contributed by atoms with Crippen LogP contribution in [0.15, 0.2) is 30.5 Å². The first-order chi connectivity index (χ1) is 15.5. The van der Waals surface area contributed by atoms with Crippen LogP contribution in [0.4, 0.5) is 10.6 Å². The van der Waals surface area contributed by atoms with E-state index in [4.69, 9.17) is 9.47 Å². The van der Waals surface area contributed by atoms with E-state index >= 15 is 0 Å². The highest BCUT2D eigenvalue weighted by atomic mass is 16.5. The minimum atomic E-state index is -0.762. The number of amides is 4. The minimum Gasteiger partial charge on any atom is -0.493 e. The number of urea groups is 1. The quantitative estimate of drug-likeness (QED) is 0.607. The van der Waals surface area contributed by atoms with Crippen molar-refractivity contribution in [3.05, 3.63) is 36.0 Å². The molecule has 32 heavy (non-hydrogen) atoms. The van der Waals surface area contributed by atoms with Crippen LogP contribution in [0.3, 0.4) is 0 Å². The molecule has 1 spiro atoms. The Morgan fingerprint density at radius 1 is 1.19 bits per heavy atom. The number of carbonyl (C=O) groups is 3. The molecule has 0 unspecified atom stereocenters. The largest absolute Gasteiger partial charge is 0.493 e. The highest BCUT2D eigenvalue weighted by Gasteiger charge is 2.52. The third kappa shape index (κ3) is 4.00. The third-order valence-electron chi connectivity index (χ3n) is 6.05. The van der Waals surface area contributed by atoms with Crippen molar-refractivity contribution < 1.29 is 23.9 Å². The molecule has 1 aliphatic heterocycles. The second-order valence-electron chi connectivity index (χ2n) is 8.00. The number of aromatic nitrogens is 2. The molecular formula is C22H27N5O5. The zero-order chi connectivity index (χ0) is 22.7. The monoisotopic (exact) mass is 441 g/mol. The summed E-state index contributed by atoms with van der Waals surface area (Å²) < 4.78 is 12.4. The fourth-order valence-corrected chi connectivity index (χ4v) is 4.42. The van der Waals surface area contributed by atoms with Gasteiger partial charge in [-0.05, 0) is 18.9 Å². The van der Waals surface area contributed by atoms with Gasteiger partial charge in [-0.1, -0.05) is 25.0 Å². The molecule has 4 amide bonds. The van der Waals surface area contributed by atoms with E-state index in [1.54, 1.807) is 37.2 Å². The lowest BCUT2D eigenvalue weighted by Crippen LogP contribution is -2.44. The lowest BCUT2D eigenvalue weighted by Gasteiger charge is -2.20. The van der Waals surface area contributed by atoms with E-state index in [1.165, 1.54) is 0 Å². The average Bonchev–Trinajstić information content (AvgIpc) is 3.48. The molecule has 10 heteroatoms. The number of methoxy groups -OCH3 is 2. The molecule has 0 bridgehead atoms. The van der Waals surface area contributed by atoms with Crippen LogP contribution in [0.25, 0.3) is 0 Å². The van der Waals surface area contributed by atoms with Crippen molar-refractivity contribution in [1.29, 1.82) is 0 Å². The summed E-state index contributed by atoms with van der Waals surface area (Å²) in [6.07, 6.45) is 4.75. The van der Waals surface area contributed by atoms with Crippen molar-refractivity contribution in [1.82, 2.24) is 20.0 Å². The first-order valence-electron chi connectivity index (χ1n) is 10.6. The molecule has 4 rings (SSSR count). The molecule has 1 saturated carbocycles. The van der Waals surface area contributed by atoms with Crippen molar-refractivity contribution in [2.45, 2.75) is 44.2 Å². The van der Waals surface area contributed by atoms with Gasteiger partial charge in [-0.2, -0.15) is 5.10 Å². The number of anilines is 1. The smallest absolute Gasteiger partial charge is 0.325 e. The number of hydrogen-bond donors (Lipinski definition) is 2. The van der Waals surface area contributed by atoms with Gasteiger partial charge in [0.2, 0.25) is 5.91 Å². The summed E-state index contributed by atoms with van der Waals surface area (Å²) in [6.45, 7) is 0.397. The van der Waals surface area contributed by atoms with E-state index in [0.717, 1.165) is 23.3 Å². The topological polar surface area (TPSA) is 115 Å². The highest BCUT2D eigenvalue weighted by Crippen LogP contribution is 2.35. The number of nitrogens with one attached hydrogen (secondary N) is 2. The summed E-state index contributed by atoms with van der Waals surface area (Å²) in [6, 6.07) is 6.82. The van der Waals surface area contributed by atoms with Crippen molar-refractivity contribution in [2.75, 3.05) is 26.1 Å².